The van der Waals surface area contributed by atoms with Crippen molar-refractivity contribution in [2.24, 2.45) is 5.92 Å². The molecule has 1 N–H and O–H groups in total. The van der Waals surface area contributed by atoms with Crippen molar-refractivity contribution in [1.82, 2.24) is 14.3 Å². The van der Waals surface area contributed by atoms with Crippen LogP contribution in [0.1, 0.15) is 29.0 Å². The lowest BCUT2D eigenvalue weighted by Gasteiger charge is -2.37. The van der Waals surface area contributed by atoms with Gasteiger partial charge >= 0.3 is 6.09 Å². The molecule has 1 aliphatic heterocycles. The summed E-state index contributed by atoms with van der Waals surface area (Å²) in [5.41, 5.74) is 1.33. The largest absolute Gasteiger partial charge is 0.497 e. The Bertz CT molecular complexity index is 1830. The number of piperidine rings is 1. The molecule has 1 unspecified atom stereocenters. The summed E-state index contributed by atoms with van der Waals surface area (Å²) in [5.74, 6) is 0.672. The highest BCUT2D eigenvalue weighted by molar-refractivity contribution is 7.93. The zero-order valence-corrected chi connectivity index (χ0v) is 27.3. The zero-order chi connectivity index (χ0) is 32.8. The maximum absolute atomic E-state index is 14.3. The van der Waals surface area contributed by atoms with Crippen molar-refractivity contribution in [3.63, 3.8) is 0 Å². The van der Waals surface area contributed by atoms with Gasteiger partial charge in [-0.1, -0.05) is 29.8 Å². The van der Waals surface area contributed by atoms with Gasteiger partial charge < -0.3 is 24.2 Å². The van der Waals surface area contributed by atoms with Crippen molar-refractivity contribution in [1.29, 1.82) is 5.26 Å². The number of ether oxygens (including phenoxy) is 3. The Labute approximate surface area is 275 Å². The number of hydrogen-bond donors (Lipinski definition) is 1. The zero-order valence-electron chi connectivity index (χ0n) is 24.9. The number of nitrogens with zero attached hydrogens (tertiary/aromatic N) is 5. The first kappa shape index (κ1) is 32.8. The quantitative estimate of drug-likeness (QED) is 0.210. The Kier molecular flexibility index (Phi) is 10.2. The molecule has 1 amide bonds. The molecule has 2 atom stereocenters. The second kappa shape index (κ2) is 14.2. The van der Waals surface area contributed by atoms with Crippen LogP contribution in [-0.2, 0) is 16.6 Å². The van der Waals surface area contributed by atoms with Gasteiger partial charge in [0.15, 0.2) is 0 Å². The number of carbonyl (C=O) groups is 1. The summed E-state index contributed by atoms with van der Waals surface area (Å²) in [6, 6.07) is 18.8. The minimum atomic E-state index is -4.40. The summed E-state index contributed by atoms with van der Waals surface area (Å²) in [4.78, 5) is 17.0. The van der Waals surface area contributed by atoms with Crippen LogP contribution in [0.5, 0.6) is 17.2 Å². The molecule has 1 saturated heterocycles. The van der Waals surface area contributed by atoms with Gasteiger partial charge in [0.25, 0.3) is 10.0 Å². The van der Waals surface area contributed by atoms with E-state index in [0.29, 0.717) is 35.1 Å². The van der Waals surface area contributed by atoms with Crippen LogP contribution in [0.3, 0.4) is 0 Å². The van der Waals surface area contributed by atoms with Crippen molar-refractivity contribution >= 4 is 44.4 Å². The number of aromatic nitrogens is 2. The van der Waals surface area contributed by atoms with Crippen LogP contribution in [0.2, 0.25) is 5.02 Å². The lowest BCUT2D eigenvalue weighted by atomic mass is 9.81. The molecule has 5 rings (SSSR count). The van der Waals surface area contributed by atoms with Gasteiger partial charge in [0.2, 0.25) is 5.13 Å². The summed E-state index contributed by atoms with van der Waals surface area (Å²) in [6.07, 6.45) is 0.781. The van der Waals surface area contributed by atoms with Gasteiger partial charge in [-0.25, -0.2) is 22.5 Å². The number of amides is 1. The van der Waals surface area contributed by atoms with E-state index in [1.807, 2.05) is 18.2 Å². The molecule has 0 radical (unpaired) electrons. The molecule has 2 heterocycles. The van der Waals surface area contributed by atoms with Crippen LogP contribution in [0.25, 0.3) is 0 Å². The van der Waals surface area contributed by atoms with E-state index in [-0.39, 0.29) is 52.9 Å². The number of benzene rings is 3. The van der Waals surface area contributed by atoms with Crippen LogP contribution in [0.4, 0.5) is 9.93 Å². The predicted octanol–water partition coefficient (Wildman–Crippen LogP) is 5.64. The first-order chi connectivity index (χ1) is 22.2. The summed E-state index contributed by atoms with van der Waals surface area (Å²) < 4.78 is 50.5. The average molecular weight is 684 g/mol. The molecule has 0 saturated carbocycles. The predicted molar refractivity (Wildman–Crippen MR) is 171 cm³/mol. The third-order valence-electron chi connectivity index (χ3n) is 7.79. The van der Waals surface area contributed by atoms with Gasteiger partial charge in [-0.15, -0.1) is 0 Å². The molecule has 3 aromatic carbocycles. The van der Waals surface area contributed by atoms with Gasteiger partial charge in [0.05, 0.1) is 27.4 Å². The molecular formula is C31H30ClN5O7S2. The van der Waals surface area contributed by atoms with Crippen molar-refractivity contribution in [3.8, 4) is 23.3 Å². The molecule has 15 heteroatoms. The van der Waals surface area contributed by atoms with E-state index in [0.717, 1.165) is 21.4 Å². The summed E-state index contributed by atoms with van der Waals surface area (Å²) in [7, 11) is -1.41. The Morgan fingerprint density at radius 2 is 1.93 bits per heavy atom. The smallest absolute Gasteiger partial charge is 0.407 e. The first-order valence-corrected chi connectivity index (χ1v) is 16.6. The number of halogens is 1. The van der Waals surface area contributed by atoms with E-state index in [9.17, 15) is 23.6 Å². The topological polar surface area (TPSA) is 155 Å². The van der Waals surface area contributed by atoms with E-state index in [2.05, 4.69) is 9.36 Å². The SMILES string of the molecule is COc1ccc(CN(c2ncns2)S(=O)(=O)c2cccc(OCC3CN(C(=O)O)CC[C@@H]3c3ccc(Cl)cc3)c2C#N)c(OC)c1. The number of rotatable bonds is 11. The van der Waals surface area contributed by atoms with Crippen LogP contribution in [-0.4, -0.2) is 67.8 Å². The van der Waals surface area contributed by atoms with Crippen molar-refractivity contribution in [3.05, 3.63) is 88.7 Å². The standard InChI is InChI=1S/C31H30ClN5O7S2/c1-42-24-11-8-21(28(14-24)43-2)17-37(30-34-19-35-45-30)46(40,41)29-5-3-4-27(26(29)15-33)44-18-22-16-36(31(38)39)13-12-25(22)20-6-9-23(32)10-7-20/h3-11,14,19,22,25H,12-13,16-18H2,1-2H3,(H,38,39)/t22?,25-/m1/s1. The summed E-state index contributed by atoms with van der Waals surface area (Å²) >= 11 is 6.98. The third kappa shape index (κ3) is 6.96. The average Bonchev–Trinajstić information content (AvgIpc) is 3.60. The van der Waals surface area contributed by atoms with Crippen LogP contribution in [0, 0.1) is 17.2 Å². The number of likely N-dealkylation sites (tertiary alicyclic amines) is 1. The summed E-state index contributed by atoms with van der Waals surface area (Å²) in [5, 5.41) is 20.6. The van der Waals surface area contributed by atoms with Gasteiger partial charge in [-0.2, -0.15) is 9.64 Å². The minimum Gasteiger partial charge on any atom is -0.497 e. The molecule has 0 spiro atoms. The molecular weight excluding hydrogens is 654 g/mol. The number of sulfonamides is 1. The Morgan fingerprint density at radius 3 is 2.59 bits per heavy atom. The monoisotopic (exact) mass is 683 g/mol. The number of hydrogen-bond acceptors (Lipinski definition) is 10. The first-order valence-electron chi connectivity index (χ1n) is 14.1. The van der Waals surface area contributed by atoms with Crippen molar-refractivity contribution in [2.45, 2.75) is 23.8 Å². The molecule has 46 heavy (non-hydrogen) atoms. The number of anilines is 1. The van der Waals surface area contributed by atoms with Crippen molar-refractivity contribution in [2.75, 3.05) is 38.2 Å². The van der Waals surface area contributed by atoms with Gasteiger partial charge in [-0.05, 0) is 54.3 Å². The molecule has 12 nitrogen and oxygen atoms in total. The lowest BCUT2D eigenvalue weighted by Crippen LogP contribution is -2.44. The van der Waals surface area contributed by atoms with E-state index in [1.54, 1.807) is 30.3 Å². The maximum Gasteiger partial charge on any atom is 0.407 e. The number of methoxy groups -OCH3 is 2. The highest BCUT2D eigenvalue weighted by Crippen LogP contribution is 2.37. The van der Waals surface area contributed by atoms with Crippen LogP contribution in [0.15, 0.2) is 71.9 Å². The van der Waals surface area contributed by atoms with Crippen LogP contribution < -0.4 is 18.5 Å². The van der Waals surface area contributed by atoms with Gasteiger partial charge in [0.1, 0.15) is 40.1 Å². The fourth-order valence-electron chi connectivity index (χ4n) is 5.47. The van der Waals surface area contributed by atoms with Crippen molar-refractivity contribution < 1.29 is 32.5 Å². The van der Waals surface area contributed by atoms with E-state index in [4.69, 9.17) is 25.8 Å². The molecule has 4 aromatic rings. The third-order valence-corrected chi connectivity index (χ3v) is 10.6. The molecule has 1 fully saturated rings. The van der Waals surface area contributed by atoms with Gasteiger partial charge in [-0.3, -0.25) is 0 Å². The fraction of sp³-hybridized carbons (Fsp3) is 0.290. The lowest BCUT2D eigenvalue weighted by molar-refractivity contribution is 0.0937. The Balaban J connectivity index is 1.47. The summed E-state index contributed by atoms with van der Waals surface area (Å²) in [6.45, 7) is 0.433. The number of nitriles is 1. The second-order valence-corrected chi connectivity index (χ2v) is 13.4. The number of carboxylic acid groups (broad SMARTS) is 1. The van der Waals surface area contributed by atoms with Crippen LogP contribution >= 0.6 is 23.1 Å². The van der Waals surface area contributed by atoms with Gasteiger partial charge in [0, 0.05) is 47.2 Å². The van der Waals surface area contributed by atoms with E-state index >= 15 is 0 Å². The molecule has 1 aliphatic rings. The fourth-order valence-corrected chi connectivity index (χ4v) is 7.88. The van der Waals surface area contributed by atoms with E-state index in [1.165, 1.54) is 43.6 Å². The molecule has 1 aromatic heterocycles. The highest BCUT2D eigenvalue weighted by Gasteiger charge is 2.35. The molecule has 0 bridgehead atoms. The second-order valence-electron chi connectivity index (χ2n) is 10.4. The Morgan fingerprint density at radius 1 is 1.15 bits per heavy atom. The normalized spacial score (nSPS) is 16.3. The molecule has 0 aliphatic carbocycles. The highest BCUT2D eigenvalue weighted by atomic mass is 35.5. The van der Waals surface area contributed by atoms with E-state index < -0.39 is 16.1 Å². The maximum atomic E-state index is 14.3. The molecule has 240 valence electrons. The Hall–Kier alpha value is -4.58. The minimum absolute atomic E-state index is 0.0401.